The smallest absolute Gasteiger partial charge is 0.421 e. The molecule has 0 saturated heterocycles. The minimum Gasteiger partial charge on any atom is -0.421 e. The molecule has 0 aliphatic rings. The highest BCUT2D eigenvalue weighted by Gasteiger charge is 2.46. The molecule has 0 bridgehead atoms. The van der Waals surface area contributed by atoms with E-state index in [1.807, 2.05) is 0 Å². The van der Waals surface area contributed by atoms with Gasteiger partial charge in [-0.25, -0.2) is 26.0 Å². The summed E-state index contributed by atoms with van der Waals surface area (Å²) in [6.07, 6.45) is 11.7. The third-order valence-electron chi connectivity index (χ3n) is 3.87. The fourth-order valence-electron chi connectivity index (χ4n) is 2.23. The van der Waals surface area contributed by atoms with Crippen molar-refractivity contribution in [1.82, 2.24) is 4.57 Å². The van der Waals surface area contributed by atoms with Crippen molar-refractivity contribution >= 4 is 36.0 Å². The monoisotopic (exact) mass is 587 g/mol. The highest BCUT2D eigenvalue weighted by Crippen LogP contribution is 2.36. The molecule has 0 amide bonds. The number of unbranched alkanes of at least 4 members (excludes halogenated alkanes) is 3. The number of halogens is 7. The molecule has 2 rings (SSSR count). The summed E-state index contributed by atoms with van der Waals surface area (Å²) in [5.74, 6) is 0. The summed E-state index contributed by atoms with van der Waals surface area (Å²) in [7, 11) is -13.4. The first-order valence-corrected chi connectivity index (χ1v) is 12.9. The van der Waals surface area contributed by atoms with Crippen LogP contribution in [0.25, 0.3) is 9.81 Å². The number of hydrogen-bond donors (Lipinski definition) is 0. The molecular formula is C17H20BrF6N3O4S2. The molecule has 33 heavy (non-hydrogen) atoms. The molecule has 0 saturated carbocycles. The van der Waals surface area contributed by atoms with Crippen LogP contribution in [0.2, 0.25) is 0 Å². The van der Waals surface area contributed by atoms with Crippen molar-refractivity contribution in [2.75, 3.05) is 0 Å². The highest BCUT2D eigenvalue weighted by atomic mass is 79.9. The summed E-state index contributed by atoms with van der Waals surface area (Å²) < 4.78 is 115. The molecule has 0 unspecified atom stereocenters. The number of alkyl halides is 6. The largest absolute Gasteiger partial charge is 0.480 e. The summed E-state index contributed by atoms with van der Waals surface area (Å²) >= 11 is 3.46. The van der Waals surface area contributed by atoms with Crippen LogP contribution in [-0.4, -0.2) is 32.4 Å². The Kier molecular flexibility index (Phi) is 10.4. The van der Waals surface area contributed by atoms with Gasteiger partial charge >= 0.3 is 11.0 Å². The SMILES string of the molecule is CCCCCC[n+]1ccn(-c2ccc(Br)cc2)c1.O=S(=O)([N-]S(=O)(=O)C(F)(F)F)C(F)(F)F. The van der Waals surface area contributed by atoms with Gasteiger partial charge in [0.05, 0.1) is 6.54 Å². The lowest BCUT2D eigenvalue weighted by Crippen LogP contribution is -2.30. The van der Waals surface area contributed by atoms with E-state index in [0.29, 0.717) is 0 Å². The molecule has 0 fully saturated rings. The third-order valence-corrected chi connectivity index (χ3v) is 7.14. The topological polar surface area (TPSA) is 91.2 Å². The Balaban J connectivity index is 0.000000337. The molecule has 188 valence electrons. The Labute approximate surface area is 195 Å². The minimum atomic E-state index is -6.72. The Bertz CT molecular complexity index is 1060. The Hall–Kier alpha value is -1.65. The van der Waals surface area contributed by atoms with Gasteiger partial charge in [-0.05, 0) is 37.1 Å². The van der Waals surface area contributed by atoms with Crippen molar-refractivity contribution in [3.8, 4) is 5.69 Å². The fourth-order valence-corrected chi connectivity index (χ4v) is 4.20. The average Bonchev–Trinajstić information content (AvgIpc) is 3.13. The van der Waals surface area contributed by atoms with Crippen LogP contribution in [0, 0.1) is 0 Å². The van der Waals surface area contributed by atoms with E-state index in [4.69, 9.17) is 0 Å². The molecule has 1 heterocycles. The lowest BCUT2D eigenvalue weighted by atomic mass is 10.2. The van der Waals surface area contributed by atoms with Crippen molar-refractivity contribution in [3.05, 3.63) is 51.6 Å². The van der Waals surface area contributed by atoms with Crippen molar-refractivity contribution < 1.29 is 47.7 Å². The summed E-state index contributed by atoms with van der Waals surface area (Å²) in [6.45, 7) is 3.36. The van der Waals surface area contributed by atoms with Gasteiger partial charge in [-0.2, -0.15) is 26.3 Å². The van der Waals surface area contributed by atoms with Crippen LogP contribution in [0.3, 0.4) is 0 Å². The van der Waals surface area contributed by atoms with Gasteiger partial charge in [0.15, 0.2) is 20.0 Å². The lowest BCUT2D eigenvalue weighted by Gasteiger charge is -2.22. The Morgan fingerprint density at radius 3 is 1.88 bits per heavy atom. The first-order chi connectivity index (χ1) is 15.0. The number of rotatable bonds is 8. The predicted octanol–water partition coefficient (Wildman–Crippen LogP) is 5.17. The second-order valence-corrected chi connectivity index (χ2v) is 10.8. The number of aromatic nitrogens is 2. The van der Waals surface area contributed by atoms with Crippen molar-refractivity contribution in [2.45, 2.75) is 50.2 Å². The van der Waals surface area contributed by atoms with E-state index in [0.717, 1.165) is 15.1 Å². The maximum absolute atomic E-state index is 11.4. The zero-order valence-electron chi connectivity index (χ0n) is 17.0. The van der Waals surface area contributed by atoms with Crippen LogP contribution in [0.4, 0.5) is 26.3 Å². The highest BCUT2D eigenvalue weighted by molar-refractivity contribution is 9.10. The molecule has 0 spiro atoms. The molecule has 0 aliphatic carbocycles. The van der Waals surface area contributed by atoms with Crippen molar-refractivity contribution in [3.63, 3.8) is 0 Å². The number of aryl methyl sites for hydroxylation is 1. The van der Waals surface area contributed by atoms with E-state index in [9.17, 15) is 43.2 Å². The third kappa shape index (κ3) is 9.25. The molecule has 0 aliphatic heterocycles. The van der Waals surface area contributed by atoms with Gasteiger partial charge in [0, 0.05) is 4.47 Å². The van der Waals surface area contributed by atoms with Crippen LogP contribution in [0.15, 0.2) is 47.5 Å². The van der Waals surface area contributed by atoms with Crippen molar-refractivity contribution in [2.24, 2.45) is 0 Å². The van der Waals surface area contributed by atoms with Gasteiger partial charge in [-0.1, -0.05) is 35.7 Å². The lowest BCUT2D eigenvalue weighted by molar-refractivity contribution is -0.696. The first kappa shape index (κ1) is 29.4. The molecule has 7 nitrogen and oxygen atoms in total. The van der Waals surface area contributed by atoms with Gasteiger partial charge < -0.3 is 4.13 Å². The summed E-state index contributed by atoms with van der Waals surface area (Å²) in [5, 5.41) is 0. The quantitative estimate of drug-likeness (QED) is 0.242. The zero-order valence-corrected chi connectivity index (χ0v) is 20.2. The number of imidazole rings is 1. The fraction of sp³-hybridized carbons (Fsp3) is 0.471. The molecular weight excluding hydrogens is 568 g/mol. The summed E-state index contributed by atoms with van der Waals surface area (Å²) in [5.41, 5.74) is -11.2. The number of nitrogens with zero attached hydrogens (tertiary/aromatic N) is 3. The van der Waals surface area contributed by atoms with Crippen LogP contribution < -0.4 is 4.57 Å². The van der Waals surface area contributed by atoms with E-state index < -0.39 is 31.1 Å². The van der Waals surface area contributed by atoms with E-state index in [-0.39, 0.29) is 0 Å². The van der Waals surface area contributed by atoms with Gasteiger partial charge in [-0.15, -0.1) is 0 Å². The zero-order chi connectivity index (χ0) is 25.5. The Morgan fingerprint density at radius 1 is 0.909 bits per heavy atom. The number of benzene rings is 1. The van der Waals surface area contributed by atoms with E-state index >= 15 is 0 Å². The summed E-state index contributed by atoms with van der Waals surface area (Å²) in [4.78, 5) is 0. The van der Waals surface area contributed by atoms with Gasteiger partial charge in [-0.3, -0.25) is 0 Å². The van der Waals surface area contributed by atoms with Crippen LogP contribution in [0.5, 0.6) is 0 Å². The average molecular weight is 588 g/mol. The maximum Gasteiger partial charge on any atom is 0.480 e. The molecule has 0 radical (unpaired) electrons. The van der Waals surface area contributed by atoms with Gasteiger partial charge in [0.2, 0.25) is 6.33 Å². The van der Waals surface area contributed by atoms with E-state index in [1.165, 1.54) is 31.4 Å². The van der Waals surface area contributed by atoms with Crippen LogP contribution in [0.1, 0.15) is 32.6 Å². The molecule has 0 atom stereocenters. The number of hydrogen-bond acceptors (Lipinski definition) is 4. The molecule has 16 heteroatoms. The molecule has 0 N–H and O–H groups in total. The van der Waals surface area contributed by atoms with Crippen LogP contribution in [-0.2, 0) is 26.6 Å². The summed E-state index contributed by atoms with van der Waals surface area (Å²) in [6, 6.07) is 8.37. The maximum atomic E-state index is 11.4. The normalized spacial score (nSPS) is 12.8. The number of sulfonamides is 2. The van der Waals surface area contributed by atoms with Crippen molar-refractivity contribution in [1.29, 1.82) is 0 Å². The van der Waals surface area contributed by atoms with Crippen LogP contribution >= 0.6 is 15.9 Å². The molecule has 1 aromatic heterocycles. The van der Waals surface area contributed by atoms with Gasteiger partial charge in [0.25, 0.3) is 0 Å². The van der Waals surface area contributed by atoms with E-state index in [2.05, 4.69) is 75.0 Å². The molecule has 1 aromatic carbocycles. The standard InChI is InChI=1S/C15H20BrN2.C2F6NO4S2/c1-2-3-4-5-10-17-11-12-18(13-17)15-8-6-14(16)7-9-15;3-1(4,5)14(10,11)9-15(12,13)2(6,7)8/h6-9,11-13H,2-5,10H2,1H3;/q+1;-1. The van der Waals surface area contributed by atoms with Gasteiger partial charge in [0.1, 0.15) is 18.1 Å². The molecule has 2 aromatic rings. The first-order valence-electron chi connectivity index (χ1n) is 9.20. The second-order valence-electron chi connectivity index (χ2n) is 6.51. The Morgan fingerprint density at radius 2 is 1.42 bits per heavy atom. The minimum absolute atomic E-state index is 0.778. The predicted molar refractivity (Wildman–Crippen MR) is 111 cm³/mol. The second kappa shape index (κ2) is 11.7. The van der Waals surface area contributed by atoms with E-state index in [1.54, 1.807) is 0 Å².